The monoisotopic (exact) mass is 695 g/mol. The van der Waals surface area contributed by atoms with Gasteiger partial charge in [0.15, 0.2) is 12.6 Å². The predicted molar refractivity (Wildman–Crippen MR) is 181 cm³/mol. The van der Waals surface area contributed by atoms with E-state index < -0.39 is 91.7 Å². The first-order valence-corrected chi connectivity index (χ1v) is 19.0. The second-order valence-electron chi connectivity index (χ2n) is 13.7. The molecule has 2 aliphatic heterocycles. The summed E-state index contributed by atoms with van der Waals surface area (Å²) in [4.78, 5) is 0. The topological polar surface area (TPSA) is 268 Å². The van der Waals surface area contributed by atoms with E-state index in [2.05, 4.69) is 6.92 Å². The van der Waals surface area contributed by atoms with Gasteiger partial charge in [0.25, 0.3) is 0 Å². The Bertz CT molecular complexity index is 857. The van der Waals surface area contributed by atoms with Crippen molar-refractivity contribution in [2.45, 2.75) is 182 Å². The summed E-state index contributed by atoms with van der Waals surface area (Å²) < 4.78 is 23.7. The number of aliphatic hydroxyl groups is 5. The molecule has 3 rings (SSSR count). The Morgan fingerprint density at radius 1 is 0.596 bits per heavy atom. The fraction of sp³-hybridized carbons (Fsp3) is 1.00. The Hall–Kier alpha value is -0.210. The maximum absolute atomic E-state index is 11.3. The summed E-state index contributed by atoms with van der Waals surface area (Å²) in [5.41, 5.74) is 30.5. The molecular weight excluding hydrogens is 630 g/mol. The third kappa shape index (κ3) is 11.9. The van der Waals surface area contributed by atoms with E-state index in [4.69, 9.17) is 47.6 Å². The van der Waals surface area contributed by atoms with Gasteiger partial charge in [-0.05, 0) is 18.6 Å². The Morgan fingerprint density at radius 2 is 1.11 bits per heavy atom. The molecule has 47 heavy (non-hydrogen) atoms. The van der Waals surface area contributed by atoms with E-state index in [0.29, 0.717) is 5.75 Å². The Morgan fingerprint density at radius 3 is 1.66 bits per heavy atom. The van der Waals surface area contributed by atoms with E-state index in [9.17, 15) is 25.5 Å². The molecule has 278 valence electrons. The van der Waals surface area contributed by atoms with Crippen LogP contribution in [0.15, 0.2) is 0 Å². The Kier molecular flexibility index (Phi) is 18.6. The molecule has 0 aromatic carbocycles. The van der Waals surface area contributed by atoms with E-state index in [0.717, 1.165) is 18.6 Å². The van der Waals surface area contributed by atoms with Gasteiger partial charge in [0, 0.05) is 24.4 Å². The van der Waals surface area contributed by atoms with Crippen LogP contribution in [0, 0.1) is 0 Å². The molecule has 2 saturated heterocycles. The lowest BCUT2D eigenvalue weighted by molar-refractivity contribution is -0.314. The molecule has 0 aromatic heterocycles. The molecule has 0 aromatic rings. The van der Waals surface area contributed by atoms with E-state index >= 15 is 0 Å². The minimum Gasteiger partial charge on any atom is -0.389 e. The van der Waals surface area contributed by atoms with Crippen LogP contribution in [-0.2, 0) is 18.9 Å². The second-order valence-corrected chi connectivity index (χ2v) is 14.8. The normalized spacial score (nSPS) is 41.3. The zero-order valence-corrected chi connectivity index (χ0v) is 29.0. The molecule has 3 aliphatic rings. The SMILES string of the molecule is CCCCCCCCCCCCCCSC[C@@H]1O[C@@H](O[C@@H]2[C@@H](O)[C@H](O[C@@H]3O[C@@H](CN)[C@H](O)[C@@H](O)[C@@H]3N)[C@@H](N)C[C@H]2N)[C@@H](O)[C@H](N)[C@H]1O. The minimum atomic E-state index is -1.40. The molecule has 1 aliphatic carbocycles. The molecule has 1 saturated carbocycles. The first kappa shape index (κ1) is 41.2. The van der Waals surface area contributed by atoms with Crippen molar-refractivity contribution < 1.29 is 44.5 Å². The Labute approximate surface area is 284 Å². The molecule has 3 fully saturated rings. The van der Waals surface area contributed by atoms with Gasteiger partial charge in [-0.25, -0.2) is 0 Å². The highest BCUT2D eigenvalue weighted by Gasteiger charge is 2.51. The molecule has 0 radical (unpaired) electrons. The van der Waals surface area contributed by atoms with Gasteiger partial charge in [-0.1, -0.05) is 77.6 Å². The lowest BCUT2D eigenvalue weighted by Crippen LogP contribution is -2.69. The molecule has 0 unspecified atom stereocenters. The zero-order valence-electron chi connectivity index (χ0n) is 28.1. The van der Waals surface area contributed by atoms with Crippen molar-refractivity contribution in [1.82, 2.24) is 0 Å². The summed E-state index contributed by atoms with van der Waals surface area (Å²) in [5, 5.41) is 53.4. The highest BCUT2D eigenvalue weighted by molar-refractivity contribution is 7.99. The fourth-order valence-corrected chi connectivity index (χ4v) is 7.76. The number of rotatable bonds is 20. The largest absolute Gasteiger partial charge is 0.389 e. The van der Waals surface area contributed by atoms with Crippen LogP contribution < -0.4 is 28.7 Å². The van der Waals surface area contributed by atoms with Gasteiger partial charge in [-0.2, -0.15) is 11.8 Å². The maximum atomic E-state index is 11.3. The summed E-state index contributed by atoms with van der Waals surface area (Å²) in [7, 11) is 0. The molecule has 15 heteroatoms. The highest BCUT2D eigenvalue weighted by Crippen LogP contribution is 2.31. The van der Waals surface area contributed by atoms with Crippen molar-refractivity contribution in [3.05, 3.63) is 0 Å². The summed E-state index contributed by atoms with van der Waals surface area (Å²) in [5.74, 6) is 1.38. The van der Waals surface area contributed by atoms with Crippen LogP contribution in [0.2, 0.25) is 0 Å². The van der Waals surface area contributed by atoms with E-state index in [1.165, 1.54) is 64.2 Å². The van der Waals surface area contributed by atoms with Crippen molar-refractivity contribution in [2.24, 2.45) is 28.7 Å². The van der Waals surface area contributed by atoms with Crippen LogP contribution in [0.5, 0.6) is 0 Å². The summed E-state index contributed by atoms with van der Waals surface area (Å²) >= 11 is 1.66. The second kappa shape index (κ2) is 21.2. The fourth-order valence-electron chi connectivity index (χ4n) is 6.68. The number of ether oxygens (including phenoxy) is 4. The number of hydrogen-bond acceptors (Lipinski definition) is 15. The van der Waals surface area contributed by atoms with Crippen LogP contribution in [0.1, 0.15) is 90.4 Å². The van der Waals surface area contributed by atoms with Gasteiger partial charge in [0.1, 0.15) is 42.7 Å². The first-order valence-electron chi connectivity index (χ1n) is 17.8. The van der Waals surface area contributed by atoms with Crippen molar-refractivity contribution in [3.63, 3.8) is 0 Å². The van der Waals surface area contributed by atoms with Crippen LogP contribution in [-0.4, -0.2) is 135 Å². The average molecular weight is 696 g/mol. The first-order chi connectivity index (χ1) is 22.5. The van der Waals surface area contributed by atoms with E-state index in [1.54, 1.807) is 11.8 Å². The highest BCUT2D eigenvalue weighted by atomic mass is 32.2. The van der Waals surface area contributed by atoms with Gasteiger partial charge in [-0.15, -0.1) is 0 Å². The van der Waals surface area contributed by atoms with Gasteiger partial charge in [-0.3, -0.25) is 0 Å². The summed E-state index contributed by atoms with van der Waals surface area (Å²) in [6.45, 7) is 2.15. The van der Waals surface area contributed by atoms with E-state index in [1.807, 2.05) is 0 Å². The molecule has 0 amide bonds. The number of unbranched alkanes of at least 4 members (excludes halogenated alkanes) is 11. The van der Waals surface area contributed by atoms with Gasteiger partial charge in [0.2, 0.25) is 0 Å². The number of thioether (sulfide) groups is 1. The summed E-state index contributed by atoms with van der Waals surface area (Å²) in [6.07, 6.45) is 2.73. The molecule has 14 nitrogen and oxygen atoms in total. The van der Waals surface area contributed by atoms with Crippen LogP contribution in [0.3, 0.4) is 0 Å². The smallest absolute Gasteiger partial charge is 0.186 e. The molecule has 15 atom stereocenters. The lowest BCUT2D eigenvalue weighted by atomic mass is 9.84. The molecule has 0 spiro atoms. The third-order valence-electron chi connectivity index (χ3n) is 9.81. The van der Waals surface area contributed by atoms with Crippen LogP contribution >= 0.6 is 11.8 Å². The van der Waals surface area contributed by atoms with Gasteiger partial charge < -0.3 is 73.1 Å². The molecule has 2 heterocycles. The predicted octanol–water partition coefficient (Wildman–Crippen LogP) is -0.883. The Balaban J connectivity index is 1.44. The average Bonchev–Trinajstić information content (AvgIpc) is 3.05. The molecule has 15 N–H and O–H groups in total. The van der Waals surface area contributed by atoms with Crippen LogP contribution in [0.4, 0.5) is 0 Å². The van der Waals surface area contributed by atoms with E-state index in [-0.39, 0.29) is 13.0 Å². The summed E-state index contributed by atoms with van der Waals surface area (Å²) in [6, 6.07) is -3.67. The number of aliphatic hydroxyl groups excluding tert-OH is 5. The maximum Gasteiger partial charge on any atom is 0.186 e. The molecular formula is C32H65N5O9S. The quantitative estimate of drug-likeness (QED) is 0.0693. The van der Waals surface area contributed by atoms with Crippen molar-refractivity contribution >= 4 is 11.8 Å². The number of nitrogens with two attached hydrogens (primary N) is 5. The third-order valence-corrected chi connectivity index (χ3v) is 10.9. The zero-order chi connectivity index (χ0) is 34.5. The van der Waals surface area contributed by atoms with Crippen molar-refractivity contribution in [3.8, 4) is 0 Å². The number of hydrogen-bond donors (Lipinski definition) is 10. The standard InChI is InChI=1S/C32H65N5O9S/c1-2-3-4-5-6-7-8-9-10-11-12-13-14-47-17-21-24(38)22(36)27(41)32(44-21)46-30-19(35)15-18(34)29(28(30)42)45-31-23(37)26(40)25(39)20(16-33)43-31/h18-32,38-42H,2-17,33-37H2,1H3/t18-,19+,20-,21-,22+,23-,24-,25-,26-,27-,28-,29+,30-,31-,32-/m0/s1. The van der Waals surface area contributed by atoms with Gasteiger partial charge in [0.05, 0.1) is 24.3 Å². The minimum absolute atomic E-state index is 0.0947. The van der Waals surface area contributed by atoms with Crippen LogP contribution in [0.25, 0.3) is 0 Å². The lowest BCUT2D eigenvalue weighted by Gasteiger charge is -2.48. The van der Waals surface area contributed by atoms with Crippen molar-refractivity contribution in [1.29, 1.82) is 0 Å². The van der Waals surface area contributed by atoms with Crippen molar-refractivity contribution in [2.75, 3.05) is 18.1 Å². The van der Waals surface area contributed by atoms with Gasteiger partial charge >= 0.3 is 0 Å². The molecule has 0 bridgehead atoms.